The maximum atomic E-state index is 12.0. The van der Waals surface area contributed by atoms with E-state index in [0.717, 1.165) is 16.7 Å². The van der Waals surface area contributed by atoms with Crippen LogP contribution in [-0.2, 0) is 7.05 Å². The van der Waals surface area contributed by atoms with Crippen LogP contribution in [0.25, 0.3) is 10.9 Å². The number of benzene rings is 1. The predicted molar refractivity (Wildman–Crippen MR) is 74.4 cm³/mol. The predicted octanol–water partition coefficient (Wildman–Crippen LogP) is 2.51. The van der Waals surface area contributed by atoms with Crippen molar-refractivity contribution in [1.29, 1.82) is 5.26 Å². The molecule has 0 unspecified atom stereocenters. The Kier molecular flexibility index (Phi) is 3.30. The number of aromatic nitrogens is 1. The van der Waals surface area contributed by atoms with Crippen LogP contribution < -0.4 is 10.3 Å². The molecule has 4 heteroatoms. The maximum absolute atomic E-state index is 12.0. The third kappa shape index (κ3) is 2.19. The Labute approximate surface area is 111 Å². The molecule has 1 aromatic heterocycles. The average molecular weight is 256 g/mol. The number of nitrogens with zero attached hydrogens (tertiary/aromatic N) is 2. The summed E-state index contributed by atoms with van der Waals surface area (Å²) >= 11 is 0. The second kappa shape index (κ2) is 4.77. The fourth-order valence-corrected chi connectivity index (χ4v) is 2.16. The summed E-state index contributed by atoms with van der Waals surface area (Å²) in [6.45, 7) is 5.71. The summed E-state index contributed by atoms with van der Waals surface area (Å²) in [5, 5.41) is 9.98. The first-order valence-corrected chi connectivity index (χ1v) is 6.15. The van der Waals surface area contributed by atoms with Crippen LogP contribution in [0.4, 0.5) is 0 Å². The normalized spacial score (nSPS) is 10.7. The molecule has 0 saturated carbocycles. The molecule has 0 fully saturated rings. The first-order valence-electron chi connectivity index (χ1n) is 6.15. The standard InChI is InChI=1S/C15H16N2O2/c1-9(2)19-11-5-6-14-12(7-11)10(3)13(8-16)15(18)17(14)4/h5-7,9H,1-4H3. The molecule has 98 valence electrons. The zero-order chi connectivity index (χ0) is 14.2. The second-order valence-electron chi connectivity index (χ2n) is 4.82. The van der Waals surface area contributed by atoms with Gasteiger partial charge in [-0.05, 0) is 44.5 Å². The minimum atomic E-state index is -0.259. The van der Waals surface area contributed by atoms with Crippen LogP contribution in [0, 0.1) is 18.3 Å². The van der Waals surface area contributed by atoms with Crippen molar-refractivity contribution in [2.24, 2.45) is 7.05 Å². The van der Waals surface area contributed by atoms with Crippen LogP contribution in [0.15, 0.2) is 23.0 Å². The smallest absolute Gasteiger partial charge is 0.268 e. The van der Waals surface area contributed by atoms with E-state index in [1.165, 1.54) is 4.57 Å². The molecule has 0 bridgehead atoms. The topological polar surface area (TPSA) is 55.0 Å². The van der Waals surface area contributed by atoms with Gasteiger partial charge in [0, 0.05) is 12.4 Å². The van der Waals surface area contributed by atoms with Gasteiger partial charge < -0.3 is 9.30 Å². The zero-order valence-corrected chi connectivity index (χ0v) is 11.5. The Morgan fingerprint density at radius 2 is 2.05 bits per heavy atom. The Morgan fingerprint density at radius 1 is 1.37 bits per heavy atom. The van der Waals surface area contributed by atoms with E-state index < -0.39 is 0 Å². The van der Waals surface area contributed by atoms with E-state index in [0.29, 0.717) is 5.56 Å². The molecular formula is C15H16N2O2. The van der Waals surface area contributed by atoms with Gasteiger partial charge in [0.25, 0.3) is 5.56 Å². The SMILES string of the molecule is Cc1c(C#N)c(=O)n(C)c2ccc(OC(C)C)cc12. The van der Waals surface area contributed by atoms with Crippen LogP contribution in [0.3, 0.4) is 0 Å². The van der Waals surface area contributed by atoms with E-state index in [-0.39, 0.29) is 17.2 Å². The summed E-state index contributed by atoms with van der Waals surface area (Å²) in [6.07, 6.45) is 0.0840. The highest BCUT2D eigenvalue weighted by atomic mass is 16.5. The lowest BCUT2D eigenvalue weighted by Gasteiger charge is -2.13. The highest BCUT2D eigenvalue weighted by Crippen LogP contribution is 2.24. The molecular weight excluding hydrogens is 240 g/mol. The van der Waals surface area contributed by atoms with Gasteiger partial charge in [-0.25, -0.2) is 0 Å². The molecule has 0 amide bonds. The lowest BCUT2D eigenvalue weighted by molar-refractivity contribution is 0.242. The van der Waals surface area contributed by atoms with Crippen molar-refractivity contribution >= 4 is 10.9 Å². The molecule has 2 aromatic rings. The van der Waals surface area contributed by atoms with Crippen molar-refractivity contribution in [2.75, 3.05) is 0 Å². The van der Waals surface area contributed by atoms with Crippen molar-refractivity contribution < 1.29 is 4.74 Å². The lowest BCUT2D eigenvalue weighted by atomic mass is 10.0. The summed E-state index contributed by atoms with van der Waals surface area (Å²) < 4.78 is 7.15. The first-order chi connectivity index (χ1) is 8.95. The van der Waals surface area contributed by atoms with Gasteiger partial charge in [-0.2, -0.15) is 5.26 Å². The molecule has 0 N–H and O–H groups in total. The van der Waals surface area contributed by atoms with E-state index >= 15 is 0 Å². The number of hydrogen-bond donors (Lipinski definition) is 0. The van der Waals surface area contributed by atoms with Gasteiger partial charge >= 0.3 is 0 Å². The van der Waals surface area contributed by atoms with Gasteiger partial charge in [-0.1, -0.05) is 0 Å². The third-order valence-corrected chi connectivity index (χ3v) is 3.11. The summed E-state index contributed by atoms with van der Waals surface area (Å²) in [7, 11) is 1.67. The van der Waals surface area contributed by atoms with Crippen molar-refractivity contribution in [3.05, 3.63) is 39.7 Å². The molecule has 0 atom stereocenters. The number of pyridine rings is 1. The number of nitriles is 1. The number of hydrogen-bond acceptors (Lipinski definition) is 3. The van der Waals surface area contributed by atoms with Crippen molar-refractivity contribution in [2.45, 2.75) is 26.9 Å². The highest BCUT2D eigenvalue weighted by molar-refractivity contribution is 5.85. The fourth-order valence-electron chi connectivity index (χ4n) is 2.16. The number of ether oxygens (including phenoxy) is 1. The van der Waals surface area contributed by atoms with Gasteiger partial charge in [0.2, 0.25) is 0 Å². The third-order valence-electron chi connectivity index (χ3n) is 3.11. The second-order valence-corrected chi connectivity index (χ2v) is 4.82. The van der Waals surface area contributed by atoms with Crippen molar-refractivity contribution in [3.63, 3.8) is 0 Å². The molecule has 0 radical (unpaired) electrons. The fraction of sp³-hybridized carbons (Fsp3) is 0.333. The van der Waals surface area contributed by atoms with E-state index in [4.69, 9.17) is 10.00 Å². The van der Waals surface area contributed by atoms with E-state index in [9.17, 15) is 4.79 Å². The Hall–Kier alpha value is -2.28. The van der Waals surface area contributed by atoms with Crippen LogP contribution in [0.2, 0.25) is 0 Å². The summed E-state index contributed by atoms with van der Waals surface area (Å²) in [6, 6.07) is 7.55. The first kappa shape index (κ1) is 13.2. The van der Waals surface area contributed by atoms with Crippen LogP contribution in [-0.4, -0.2) is 10.7 Å². The molecule has 0 aliphatic heterocycles. The van der Waals surface area contributed by atoms with E-state index in [1.807, 2.05) is 38.1 Å². The number of fused-ring (bicyclic) bond motifs is 1. The summed E-state index contributed by atoms with van der Waals surface area (Å²) in [5.41, 5.74) is 1.44. The van der Waals surface area contributed by atoms with E-state index in [2.05, 4.69) is 0 Å². The molecule has 0 aliphatic rings. The Balaban J connectivity index is 2.79. The quantitative estimate of drug-likeness (QED) is 0.829. The molecule has 1 heterocycles. The van der Waals surface area contributed by atoms with Gasteiger partial charge in [-0.15, -0.1) is 0 Å². The molecule has 2 rings (SSSR count). The van der Waals surface area contributed by atoms with E-state index in [1.54, 1.807) is 14.0 Å². The van der Waals surface area contributed by atoms with Gasteiger partial charge in [0.15, 0.2) is 0 Å². The molecule has 1 aromatic carbocycles. The molecule has 4 nitrogen and oxygen atoms in total. The van der Waals surface area contributed by atoms with Gasteiger partial charge in [0.1, 0.15) is 17.4 Å². The van der Waals surface area contributed by atoms with Gasteiger partial charge in [0.05, 0.1) is 11.6 Å². The van der Waals surface area contributed by atoms with Crippen molar-refractivity contribution in [3.8, 4) is 11.8 Å². The average Bonchev–Trinajstić information content (AvgIpc) is 2.36. The summed E-state index contributed by atoms with van der Waals surface area (Å²) in [4.78, 5) is 12.0. The van der Waals surface area contributed by atoms with Gasteiger partial charge in [-0.3, -0.25) is 4.79 Å². The molecule has 0 aliphatic carbocycles. The molecule has 0 spiro atoms. The minimum absolute atomic E-state index is 0.0840. The number of aryl methyl sites for hydroxylation is 2. The lowest BCUT2D eigenvalue weighted by Crippen LogP contribution is -2.21. The zero-order valence-electron chi connectivity index (χ0n) is 11.5. The van der Waals surface area contributed by atoms with Crippen LogP contribution >= 0.6 is 0 Å². The Bertz CT molecular complexity index is 736. The van der Waals surface area contributed by atoms with Crippen LogP contribution in [0.1, 0.15) is 25.0 Å². The van der Waals surface area contributed by atoms with Crippen LogP contribution in [0.5, 0.6) is 5.75 Å². The van der Waals surface area contributed by atoms with Crippen molar-refractivity contribution in [1.82, 2.24) is 4.57 Å². The monoisotopic (exact) mass is 256 g/mol. The maximum Gasteiger partial charge on any atom is 0.268 e. The Morgan fingerprint density at radius 3 is 2.63 bits per heavy atom. The minimum Gasteiger partial charge on any atom is -0.491 e. The molecule has 0 saturated heterocycles. The number of rotatable bonds is 2. The summed E-state index contributed by atoms with van der Waals surface area (Å²) in [5.74, 6) is 0.744. The highest BCUT2D eigenvalue weighted by Gasteiger charge is 2.12. The molecule has 19 heavy (non-hydrogen) atoms. The largest absolute Gasteiger partial charge is 0.491 e.